The van der Waals surface area contributed by atoms with Crippen molar-refractivity contribution in [3.63, 3.8) is 0 Å². The van der Waals surface area contributed by atoms with Crippen LogP contribution in [0.2, 0.25) is 5.02 Å². The Hall–Kier alpha value is -2.32. The van der Waals surface area contributed by atoms with E-state index in [2.05, 4.69) is 9.97 Å². The Bertz CT molecular complexity index is 652. The highest BCUT2D eigenvalue weighted by Gasteiger charge is 2.05. The summed E-state index contributed by atoms with van der Waals surface area (Å²) in [4.78, 5) is 7.99. The van der Waals surface area contributed by atoms with Crippen molar-refractivity contribution in [2.24, 2.45) is 0 Å². The lowest BCUT2D eigenvalue weighted by Crippen LogP contribution is -2.05. The normalized spacial score (nSPS) is 9.95. The Balaban J connectivity index is 2.08. The van der Waals surface area contributed by atoms with Crippen LogP contribution >= 0.6 is 11.6 Å². The minimum absolute atomic E-state index is 0.156. The number of anilines is 1. The van der Waals surface area contributed by atoms with E-state index < -0.39 is 0 Å². The van der Waals surface area contributed by atoms with Crippen molar-refractivity contribution in [2.45, 2.75) is 13.5 Å². The van der Waals surface area contributed by atoms with Crippen LogP contribution in [0.3, 0.4) is 0 Å². The second-order valence-corrected chi connectivity index (χ2v) is 4.30. The SMILES string of the molecule is Cc1cc(OCc2ncc(C#N)c(N)n2)ccc1Cl. The van der Waals surface area contributed by atoms with Crippen LogP contribution in [0.5, 0.6) is 5.75 Å². The third-order valence-electron chi connectivity index (χ3n) is 2.49. The third-order valence-corrected chi connectivity index (χ3v) is 2.91. The fraction of sp³-hybridized carbons (Fsp3) is 0.154. The maximum absolute atomic E-state index is 8.72. The lowest BCUT2D eigenvalue weighted by molar-refractivity contribution is 0.296. The number of hydrogen-bond donors (Lipinski definition) is 1. The number of aryl methyl sites for hydroxylation is 1. The maximum Gasteiger partial charge on any atom is 0.168 e. The first kappa shape index (κ1) is 13.1. The number of rotatable bonds is 3. The van der Waals surface area contributed by atoms with Gasteiger partial charge in [0.1, 0.15) is 29.8 Å². The summed E-state index contributed by atoms with van der Waals surface area (Å²) in [6.07, 6.45) is 1.38. The van der Waals surface area contributed by atoms with Gasteiger partial charge in [-0.05, 0) is 30.7 Å². The smallest absolute Gasteiger partial charge is 0.168 e. The van der Waals surface area contributed by atoms with E-state index >= 15 is 0 Å². The van der Waals surface area contributed by atoms with Gasteiger partial charge < -0.3 is 10.5 Å². The van der Waals surface area contributed by atoms with Crippen molar-refractivity contribution in [3.05, 3.63) is 46.4 Å². The molecule has 0 saturated carbocycles. The third kappa shape index (κ3) is 3.12. The largest absolute Gasteiger partial charge is 0.486 e. The lowest BCUT2D eigenvalue weighted by atomic mass is 10.2. The van der Waals surface area contributed by atoms with Gasteiger partial charge in [0.15, 0.2) is 5.82 Å². The number of benzene rings is 1. The number of nitriles is 1. The average molecular weight is 275 g/mol. The molecule has 0 fully saturated rings. The lowest BCUT2D eigenvalue weighted by Gasteiger charge is -2.07. The van der Waals surface area contributed by atoms with Crippen LogP contribution in [0.15, 0.2) is 24.4 Å². The predicted molar refractivity (Wildman–Crippen MR) is 71.7 cm³/mol. The fourth-order valence-corrected chi connectivity index (χ4v) is 1.56. The molecule has 1 aromatic heterocycles. The highest BCUT2D eigenvalue weighted by molar-refractivity contribution is 6.31. The molecular formula is C13H11ClN4O. The highest BCUT2D eigenvalue weighted by Crippen LogP contribution is 2.21. The number of hydrogen-bond acceptors (Lipinski definition) is 5. The van der Waals surface area contributed by atoms with Gasteiger partial charge in [0.05, 0.1) is 6.20 Å². The van der Waals surface area contributed by atoms with Gasteiger partial charge in [-0.2, -0.15) is 5.26 Å². The summed E-state index contributed by atoms with van der Waals surface area (Å²) >= 11 is 5.92. The summed E-state index contributed by atoms with van der Waals surface area (Å²) in [5.74, 6) is 1.25. The van der Waals surface area contributed by atoms with E-state index in [0.717, 1.165) is 5.56 Å². The van der Waals surface area contributed by atoms with Gasteiger partial charge in [-0.1, -0.05) is 11.6 Å². The van der Waals surface area contributed by atoms with Crippen molar-refractivity contribution in [1.29, 1.82) is 5.26 Å². The molecule has 0 aliphatic rings. The molecule has 96 valence electrons. The van der Waals surface area contributed by atoms with Gasteiger partial charge in [0.25, 0.3) is 0 Å². The molecule has 1 aromatic carbocycles. The predicted octanol–water partition coefficient (Wildman–Crippen LogP) is 2.47. The Morgan fingerprint density at radius 3 is 2.89 bits per heavy atom. The Labute approximate surface area is 115 Å². The average Bonchev–Trinajstić information content (AvgIpc) is 2.40. The molecule has 0 unspecified atom stereocenters. The monoisotopic (exact) mass is 274 g/mol. The molecular weight excluding hydrogens is 264 g/mol. The van der Waals surface area contributed by atoms with Crippen molar-refractivity contribution in [3.8, 4) is 11.8 Å². The number of ether oxygens (including phenoxy) is 1. The van der Waals surface area contributed by atoms with E-state index in [-0.39, 0.29) is 18.0 Å². The van der Waals surface area contributed by atoms with Crippen molar-refractivity contribution < 1.29 is 4.74 Å². The summed E-state index contributed by atoms with van der Waals surface area (Å²) in [7, 11) is 0. The van der Waals surface area contributed by atoms with Crippen LogP contribution in [0.25, 0.3) is 0 Å². The first-order valence-corrected chi connectivity index (χ1v) is 5.88. The standard InChI is InChI=1S/C13H11ClN4O/c1-8-4-10(2-3-11(8)14)19-7-12-17-6-9(5-15)13(16)18-12/h2-4,6H,7H2,1H3,(H2,16,17,18). The first-order chi connectivity index (χ1) is 9.10. The molecule has 0 atom stereocenters. The van der Waals surface area contributed by atoms with Crippen LogP contribution in [0, 0.1) is 18.3 Å². The van der Waals surface area contributed by atoms with E-state index in [0.29, 0.717) is 16.6 Å². The van der Waals surface area contributed by atoms with Gasteiger partial charge >= 0.3 is 0 Å². The zero-order valence-corrected chi connectivity index (χ0v) is 11.0. The maximum atomic E-state index is 8.72. The van der Waals surface area contributed by atoms with Crippen molar-refractivity contribution in [1.82, 2.24) is 9.97 Å². The molecule has 0 spiro atoms. The molecule has 0 amide bonds. The molecule has 2 aromatic rings. The van der Waals surface area contributed by atoms with E-state index in [1.165, 1.54) is 6.20 Å². The molecule has 0 saturated heterocycles. The van der Waals surface area contributed by atoms with Crippen molar-refractivity contribution in [2.75, 3.05) is 5.73 Å². The first-order valence-electron chi connectivity index (χ1n) is 5.50. The van der Waals surface area contributed by atoms with E-state index in [1.54, 1.807) is 12.1 Å². The van der Waals surface area contributed by atoms with Gasteiger partial charge in [0.2, 0.25) is 0 Å². The molecule has 0 radical (unpaired) electrons. The fourth-order valence-electron chi connectivity index (χ4n) is 1.44. The summed E-state index contributed by atoms with van der Waals surface area (Å²) in [6, 6.07) is 7.26. The molecule has 5 nitrogen and oxygen atoms in total. The van der Waals surface area contributed by atoms with E-state index in [1.807, 2.05) is 19.1 Å². The Morgan fingerprint density at radius 2 is 2.26 bits per heavy atom. The molecule has 0 bridgehead atoms. The molecule has 1 heterocycles. The minimum Gasteiger partial charge on any atom is -0.486 e. The number of halogens is 1. The molecule has 0 aliphatic heterocycles. The topological polar surface area (TPSA) is 84.8 Å². The second-order valence-electron chi connectivity index (χ2n) is 3.90. The van der Waals surface area contributed by atoms with Crippen LogP contribution < -0.4 is 10.5 Å². The van der Waals surface area contributed by atoms with Gasteiger partial charge in [-0.15, -0.1) is 0 Å². The van der Waals surface area contributed by atoms with Crippen LogP contribution in [0.4, 0.5) is 5.82 Å². The highest BCUT2D eigenvalue weighted by atomic mass is 35.5. The van der Waals surface area contributed by atoms with Crippen LogP contribution in [0.1, 0.15) is 17.0 Å². The van der Waals surface area contributed by atoms with E-state index in [9.17, 15) is 0 Å². The summed E-state index contributed by atoms with van der Waals surface area (Å²) in [5, 5.41) is 9.41. The summed E-state index contributed by atoms with van der Waals surface area (Å²) in [6.45, 7) is 2.07. The summed E-state index contributed by atoms with van der Waals surface area (Å²) in [5.41, 5.74) is 6.78. The molecule has 2 N–H and O–H groups in total. The molecule has 19 heavy (non-hydrogen) atoms. The molecule has 2 rings (SSSR count). The zero-order chi connectivity index (χ0) is 13.8. The molecule has 6 heteroatoms. The number of nitrogens with two attached hydrogens (primary N) is 1. The van der Waals surface area contributed by atoms with Crippen LogP contribution in [-0.2, 0) is 6.61 Å². The number of nitrogen functional groups attached to an aromatic ring is 1. The zero-order valence-electron chi connectivity index (χ0n) is 10.2. The van der Waals surface area contributed by atoms with Gasteiger partial charge in [0, 0.05) is 5.02 Å². The van der Waals surface area contributed by atoms with Gasteiger partial charge in [-0.25, -0.2) is 9.97 Å². The summed E-state index contributed by atoms with van der Waals surface area (Å²) < 4.78 is 5.53. The van der Waals surface area contributed by atoms with Gasteiger partial charge in [-0.3, -0.25) is 0 Å². The Kier molecular flexibility index (Phi) is 3.83. The second kappa shape index (κ2) is 5.55. The van der Waals surface area contributed by atoms with Crippen LogP contribution in [-0.4, -0.2) is 9.97 Å². The quantitative estimate of drug-likeness (QED) is 0.929. The Morgan fingerprint density at radius 1 is 1.47 bits per heavy atom. The molecule has 0 aliphatic carbocycles. The number of nitrogens with zero attached hydrogens (tertiary/aromatic N) is 3. The minimum atomic E-state index is 0.156. The number of aromatic nitrogens is 2. The van der Waals surface area contributed by atoms with E-state index in [4.69, 9.17) is 27.3 Å². The van der Waals surface area contributed by atoms with Crippen molar-refractivity contribution >= 4 is 17.4 Å².